The number of hydrogen-bond acceptors (Lipinski definition) is 3. The average molecular weight is 300 g/mol. The third kappa shape index (κ3) is 7.04. The van der Waals surface area contributed by atoms with Gasteiger partial charge < -0.3 is 15.8 Å². The number of para-hydroxylation sites is 2. The highest BCUT2D eigenvalue weighted by atomic mass is 19.3. The minimum Gasteiger partial charge on any atom is -0.433 e. The molecule has 0 saturated carbocycles. The molecule has 0 heterocycles. The van der Waals surface area contributed by atoms with Gasteiger partial charge in [0.05, 0.1) is 5.69 Å². The van der Waals surface area contributed by atoms with Crippen molar-refractivity contribution in [1.82, 2.24) is 0 Å². The minimum atomic E-state index is -2.94. The molecule has 1 atom stereocenters. The van der Waals surface area contributed by atoms with E-state index in [-0.39, 0.29) is 35.2 Å². The molecule has 21 heavy (non-hydrogen) atoms. The number of carbonyl (C=O) groups is 1. The van der Waals surface area contributed by atoms with Gasteiger partial charge in [-0.3, -0.25) is 4.79 Å². The van der Waals surface area contributed by atoms with Gasteiger partial charge in [-0.05, 0) is 24.0 Å². The number of alkyl halides is 2. The number of halogens is 2. The van der Waals surface area contributed by atoms with Gasteiger partial charge >= 0.3 is 6.61 Å². The highest BCUT2D eigenvalue weighted by molar-refractivity contribution is 5.92. The maximum absolute atomic E-state index is 12.3. The number of hydrogen-bond donors (Lipinski definition) is 2. The second-order valence-electron chi connectivity index (χ2n) is 6.15. The van der Waals surface area contributed by atoms with Crippen molar-refractivity contribution in [1.29, 1.82) is 0 Å². The summed E-state index contributed by atoms with van der Waals surface area (Å²) < 4.78 is 28.9. The van der Waals surface area contributed by atoms with Crippen molar-refractivity contribution in [2.24, 2.45) is 11.1 Å². The van der Waals surface area contributed by atoms with Crippen molar-refractivity contribution in [3.8, 4) is 5.75 Å². The molecule has 0 radical (unpaired) electrons. The van der Waals surface area contributed by atoms with Crippen LogP contribution in [-0.2, 0) is 4.79 Å². The van der Waals surface area contributed by atoms with Crippen LogP contribution < -0.4 is 15.8 Å². The van der Waals surface area contributed by atoms with Crippen LogP contribution in [0.2, 0.25) is 0 Å². The summed E-state index contributed by atoms with van der Waals surface area (Å²) in [4.78, 5) is 11.9. The van der Waals surface area contributed by atoms with Crippen LogP contribution in [0.5, 0.6) is 5.75 Å². The maximum atomic E-state index is 12.3. The number of benzene rings is 1. The molecule has 0 bridgehead atoms. The molecule has 4 nitrogen and oxygen atoms in total. The Balaban J connectivity index is 2.63. The molecular weight excluding hydrogens is 278 g/mol. The largest absolute Gasteiger partial charge is 0.433 e. The van der Waals surface area contributed by atoms with Gasteiger partial charge in [-0.1, -0.05) is 32.9 Å². The van der Waals surface area contributed by atoms with Crippen molar-refractivity contribution in [3.05, 3.63) is 24.3 Å². The summed E-state index contributed by atoms with van der Waals surface area (Å²) in [5.41, 5.74) is 6.16. The van der Waals surface area contributed by atoms with E-state index in [2.05, 4.69) is 10.1 Å². The van der Waals surface area contributed by atoms with E-state index < -0.39 is 6.61 Å². The van der Waals surface area contributed by atoms with Crippen LogP contribution in [0.1, 0.15) is 33.6 Å². The molecule has 1 aromatic rings. The SMILES string of the molecule is CC(C)(C)CC(N)CC(=O)Nc1ccccc1OC(F)F. The molecule has 0 aliphatic heterocycles. The predicted molar refractivity (Wildman–Crippen MR) is 78.4 cm³/mol. The molecule has 6 heteroatoms. The summed E-state index contributed by atoms with van der Waals surface area (Å²) in [5, 5.41) is 2.56. The molecule has 1 unspecified atom stereocenters. The lowest BCUT2D eigenvalue weighted by Crippen LogP contribution is -2.31. The zero-order valence-corrected chi connectivity index (χ0v) is 12.5. The highest BCUT2D eigenvalue weighted by Gasteiger charge is 2.19. The quantitative estimate of drug-likeness (QED) is 0.846. The fourth-order valence-electron chi connectivity index (χ4n) is 2.07. The molecular formula is C15H22F2N2O2. The van der Waals surface area contributed by atoms with Gasteiger partial charge in [0, 0.05) is 12.5 Å². The zero-order chi connectivity index (χ0) is 16.0. The lowest BCUT2D eigenvalue weighted by Gasteiger charge is -2.22. The van der Waals surface area contributed by atoms with Gasteiger partial charge in [-0.25, -0.2) is 0 Å². The number of ether oxygens (including phenoxy) is 1. The maximum Gasteiger partial charge on any atom is 0.387 e. The van der Waals surface area contributed by atoms with E-state index in [1.54, 1.807) is 12.1 Å². The van der Waals surface area contributed by atoms with Crippen molar-refractivity contribution in [2.45, 2.75) is 46.3 Å². The topological polar surface area (TPSA) is 64.4 Å². The molecule has 3 N–H and O–H groups in total. The summed E-state index contributed by atoms with van der Waals surface area (Å²) >= 11 is 0. The van der Waals surface area contributed by atoms with Gasteiger partial charge in [0.25, 0.3) is 0 Å². The average Bonchev–Trinajstić information content (AvgIpc) is 2.28. The van der Waals surface area contributed by atoms with Crippen LogP contribution >= 0.6 is 0 Å². The number of carbonyl (C=O) groups excluding carboxylic acids is 1. The van der Waals surface area contributed by atoms with Crippen LogP contribution in [0, 0.1) is 5.41 Å². The zero-order valence-electron chi connectivity index (χ0n) is 12.5. The van der Waals surface area contributed by atoms with E-state index in [1.807, 2.05) is 20.8 Å². The Hall–Kier alpha value is -1.69. The normalized spacial score (nSPS) is 13.1. The first-order chi connectivity index (χ1) is 9.67. The number of amides is 1. The Morgan fingerprint density at radius 1 is 1.33 bits per heavy atom. The molecule has 1 rings (SSSR count). The molecule has 1 amide bonds. The monoisotopic (exact) mass is 300 g/mol. The Bertz CT molecular complexity index is 473. The third-order valence-corrected chi connectivity index (χ3v) is 2.70. The molecule has 118 valence electrons. The molecule has 0 aromatic heterocycles. The first-order valence-electron chi connectivity index (χ1n) is 6.76. The summed E-state index contributed by atoms with van der Waals surface area (Å²) in [7, 11) is 0. The van der Waals surface area contributed by atoms with Crippen LogP contribution in [0.3, 0.4) is 0 Å². The summed E-state index contributed by atoms with van der Waals surface area (Å²) in [5.74, 6) is -0.387. The number of anilines is 1. The second-order valence-corrected chi connectivity index (χ2v) is 6.15. The van der Waals surface area contributed by atoms with Crippen molar-refractivity contribution < 1.29 is 18.3 Å². The van der Waals surface area contributed by atoms with Crippen molar-refractivity contribution in [3.63, 3.8) is 0 Å². The van der Waals surface area contributed by atoms with Crippen LogP contribution in [0.15, 0.2) is 24.3 Å². The third-order valence-electron chi connectivity index (χ3n) is 2.70. The summed E-state index contributed by atoms with van der Waals surface area (Å²) in [6.07, 6.45) is 0.815. The van der Waals surface area contributed by atoms with E-state index in [1.165, 1.54) is 12.1 Å². The first-order valence-corrected chi connectivity index (χ1v) is 6.76. The number of rotatable bonds is 6. The molecule has 0 spiro atoms. The Morgan fingerprint density at radius 2 is 1.95 bits per heavy atom. The van der Waals surface area contributed by atoms with E-state index in [0.29, 0.717) is 6.42 Å². The van der Waals surface area contributed by atoms with Crippen LogP contribution in [0.4, 0.5) is 14.5 Å². The van der Waals surface area contributed by atoms with E-state index in [4.69, 9.17) is 5.73 Å². The fraction of sp³-hybridized carbons (Fsp3) is 0.533. The van der Waals surface area contributed by atoms with E-state index in [0.717, 1.165) is 0 Å². The van der Waals surface area contributed by atoms with Crippen LogP contribution in [0.25, 0.3) is 0 Å². The van der Waals surface area contributed by atoms with Gasteiger partial charge in [0.1, 0.15) is 5.75 Å². The molecule has 0 aliphatic rings. The Labute approximate surface area is 123 Å². The number of nitrogens with two attached hydrogens (primary N) is 1. The van der Waals surface area contributed by atoms with Gasteiger partial charge in [-0.2, -0.15) is 8.78 Å². The lowest BCUT2D eigenvalue weighted by molar-refractivity contribution is -0.116. The minimum absolute atomic E-state index is 0.0242. The fourth-order valence-corrected chi connectivity index (χ4v) is 2.07. The van der Waals surface area contributed by atoms with E-state index >= 15 is 0 Å². The Kier molecular flexibility index (Phi) is 6.08. The van der Waals surface area contributed by atoms with Gasteiger partial charge in [0.2, 0.25) is 5.91 Å². The summed E-state index contributed by atoms with van der Waals surface area (Å²) in [6, 6.07) is 5.77. The van der Waals surface area contributed by atoms with Crippen LogP contribution in [-0.4, -0.2) is 18.6 Å². The smallest absolute Gasteiger partial charge is 0.387 e. The van der Waals surface area contributed by atoms with Gasteiger partial charge in [0.15, 0.2) is 0 Å². The summed E-state index contributed by atoms with van der Waals surface area (Å²) in [6.45, 7) is 3.18. The molecule has 0 saturated heterocycles. The molecule has 0 aliphatic carbocycles. The molecule has 0 fully saturated rings. The first kappa shape index (κ1) is 17.4. The van der Waals surface area contributed by atoms with Gasteiger partial charge in [-0.15, -0.1) is 0 Å². The standard InChI is InChI=1S/C15H22F2N2O2/c1-15(2,3)9-10(18)8-13(20)19-11-6-4-5-7-12(11)21-14(16)17/h4-7,10,14H,8-9,18H2,1-3H3,(H,19,20). The predicted octanol–water partition coefficient (Wildman–Crippen LogP) is 3.38. The highest BCUT2D eigenvalue weighted by Crippen LogP contribution is 2.26. The van der Waals surface area contributed by atoms with E-state index in [9.17, 15) is 13.6 Å². The number of nitrogens with one attached hydrogen (secondary N) is 1. The lowest BCUT2D eigenvalue weighted by atomic mass is 9.87. The Morgan fingerprint density at radius 3 is 2.52 bits per heavy atom. The second kappa shape index (κ2) is 7.36. The van der Waals surface area contributed by atoms with Crippen molar-refractivity contribution in [2.75, 3.05) is 5.32 Å². The molecule has 1 aromatic carbocycles. The van der Waals surface area contributed by atoms with Crippen molar-refractivity contribution >= 4 is 11.6 Å².